The number of piperidine rings is 1. The van der Waals surface area contributed by atoms with E-state index in [0.29, 0.717) is 19.6 Å². The number of hydrogen-bond donors (Lipinski definition) is 1. The summed E-state index contributed by atoms with van der Waals surface area (Å²) in [5.74, 6) is 0.240. The first kappa shape index (κ1) is 20.6. The quantitative estimate of drug-likeness (QED) is 0.859. The Hall–Kier alpha value is -2.08. The smallest absolute Gasteiger partial charge is 0.321 e. The van der Waals surface area contributed by atoms with Crippen molar-refractivity contribution in [3.63, 3.8) is 0 Å². The second-order valence-electron chi connectivity index (χ2n) is 8.31. The van der Waals surface area contributed by atoms with Crippen LogP contribution in [0.15, 0.2) is 18.2 Å². The number of hydrogen-bond acceptors (Lipinski definition) is 3. The Balaban J connectivity index is 1.56. The summed E-state index contributed by atoms with van der Waals surface area (Å²) in [6.07, 6.45) is 4.51. The van der Waals surface area contributed by atoms with Crippen LogP contribution in [-0.2, 0) is 9.53 Å². The van der Waals surface area contributed by atoms with Gasteiger partial charge in [-0.25, -0.2) is 4.79 Å². The average molecular weight is 388 g/mol. The van der Waals surface area contributed by atoms with Crippen LogP contribution in [0.25, 0.3) is 0 Å². The first-order valence-corrected chi connectivity index (χ1v) is 10.3. The van der Waals surface area contributed by atoms with E-state index in [1.165, 1.54) is 0 Å². The molecule has 2 saturated heterocycles. The molecule has 28 heavy (non-hydrogen) atoms. The maximum absolute atomic E-state index is 12.8. The lowest BCUT2D eigenvalue weighted by Crippen LogP contribution is -2.45. The van der Waals surface area contributed by atoms with Crippen molar-refractivity contribution < 1.29 is 14.3 Å². The number of amides is 3. The molecule has 0 radical (unpaired) electrons. The van der Waals surface area contributed by atoms with E-state index in [2.05, 4.69) is 5.32 Å². The number of carbonyl (C=O) groups is 2. The predicted octanol–water partition coefficient (Wildman–Crippen LogP) is 3.58. The third kappa shape index (κ3) is 4.66. The fourth-order valence-corrected chi connectivity index (χ4v) is 4.47. The third-order valence-corrected chi connectivity index (χ3v) is 6.52. The minimum absolute atomic E-state index is 0.0151. The lowest BCUT2D eigenvalue weighted by Gasteiger charge is -2.41. The molecule has 0 saturated carbocycles. The number of aryl methyl sites for hydroxylation is 2. The number of likely N-dealkylation sites (tertiary alicyclic amines) is 2. The Bertz CT molecular complexity index is 691. The van der Waals surface area contributed by atoms with E-state index < -0.39 is 0 Å². The van der Waals surface area contributed by atoms with Crippen LogP contribution in [-0.4, -0.2) is 61.6 Å². The summed E-state index contributed by atoms with van der Waals surface area (Å²) in [7, 11) is 1.67. The Kier molecular flexibility index (Phi) is 6.60. The summed E-state index contributed by atoms with van der Waals surface area (Å²) in [6.45, 7) is 7.61. The molecular weight excluding hydrogens is 354 g/mol. The fourth-order valence-electron chi connectivity index (χ4n) is 4.47. The number of nitrogens with zero attached hydrogens (tertiary/aromatic N) is 2. The largest absolute Gasteiger partial charge is 0.383 e. The molecule has 3 amide bonds. The van der Waals surface area contributed by atoms with Crippen LogP contribution < -0.4 is 5.32 Å². The molecule has 2 fully saturated rings. The van der Waals surface area contributed by atoms with E-state index in [0.717, 1.165) is 62.1 Å². The highest BCUT2D eigenvalue weighted by Gasteiger charge is 2.38. The van der Waals surface area contributed by atoms with E-state index >= 15 is 0 Å². The molecule has 2 aliphatic heterocycles. The molecule has 1 spiro atoms. The number of ether oxygens (including phenoxy) is 1. The zero-order valence-corrected chi connectivity index (χ0v) is 17.4. The van der Waals surface area contributed by atoms with Crippen LogP contribution in [0.5, 0.6) is 0 Å². The van der Waals surface area contributed by atoms with Gasteiger partial charge in [0.25, 0.3) is 0 Å². The second-order valence-corrected chi connectivity index (χ2v) is 8.31. The maximum atomic E-state index is 12.8. The molecule has 2 aliphatic rings. The average Bonchev–Trinajstić information content (AvgIpc) is 2.83. The Labute approximate surface area is 168 Å². The van der Waals surface area contributed by atoms with Crippen molar-refractivity contribution in [2.45, 2.75) is 46.0 Å². The summed E-state index contributed by atoms with van der Waals surface area (Å²) >= 11 is 0. The Morgan fingerprint density at radius 2 is 1.75 bits per heavy atom. The van der Waals surface area contributed by atoms with Crippen LogP contribution in [0, 0.1) is 19.3 Å². The van der Waals surface area contributed by atoms with E-state index in [-0.39, 0.29) is 17.4 Å². The van der Waals surface area contributed by atoms with Gasteiger partial charge in [-0.05, 0) is 56.1 Å². The molecule has 1 aromatic rings. The van der Waals surface area contributed by atoms with Crippen molar-refractivity contribution >= 4 is 17.6 Å². The van der Waals surface area contributed by atoms with Gasteiger partial charge in [-0.15, -0.1) is 0 Å². The van der Waals surface area contributed by atoms with Crippen LogP contribution >= 0.6 is 0 Å². The molecule has 154 valence electrons. The number of carbonyl (C=O) groups excluding carboxylic acids is 2. The third-order valence-electron chi connectivity index (χ3n) is 6.52. The summed E-state index contributed by atoms with van der Waals surface area (Å²) in [6, 6.07) is 6.03. The zero-order valence-electron chi connectivity index (χ0n) is 17.4. The summed E-state index contributed by atoms with van der Waals surface area (Å²) in [5, 5.41) is 3.10. The van der Waals surface area contributed by atoms with Crippen molar-refractivity contribution in [1.82, 2.24) is 9.80 Å². The van der Waals surface area contributed by atoms with Gasteiger partial charge in [0.05, 0.1) is 6.61 Å². The van der Waals surface area contributed by atoms with E-state index in [4.69, 9.17) is 4.74 Å². The molecule has 1 aromatic carbocycles. The Morgan fingerprint density at radius 1 is 1.11 bits per heavy atom. The topological polar surface area (TPSA) is 61.9 Å². The lowest BCUT2D eigenvalue weighted by atomic mass is 9.73. The number of anilines is 1. The summed E-state index contributed by atoms with van der Waals surface area (Å²) in [5.41, 5.74) is 3.27. The predicted molar refractivity (Wildman–Crippen MR) is 110 cm³/mol. The molecule has 6 heteroatoms. The highest BCUT2D eigenvalue weighted by Crippen LogP contribution is 2.41. The van der Waals surface area contributed by atoms with Crippen LogP contribution in [0.1, 0.15) is 43.2 Å². The van der Waals surface area contributed by atoms with Crippen LogP contribution in [0.2, 0.25) is 0 Å². The SMILES string of the molecule is COCCN1CCC2(CCC1=O)CCN(C(=O)Nc1c(C)cccc1C)CC2. The second kappa shape index (κ2) is 8.95. The normalized spacial score (nSPS) is 19.6. The number of para-hydroxylation sites is 1. The number of urea groups is 1. The number of rotatable bonds is 4. The minimum atomic E-state index is -0.0151. The van der Waals surface area contributed by atoms with Gasteiger partial charge < -0.3 is 19.9 Å². The molecule has 0 aliphatic carbocycles. The van der Waals surface area contributed by atoms with Crippen LogP contribution in [0.4, 0.5) is 10.5 Å². The fraction of sp³-hybridized carbons (Fsp3) is 0.636. The van der Waals surface area contributed by atoms with Gasteiger partial charge in [0, 0.05) is 45.4 Å². The zero-order chi connectivity index (χ0) is 20.1. The van der Waals surface area contributed by atoms with Crippen molar-refractivity contribution in [3.05, 3.63) is 29.3 Å². The van der Waals surface area contributed by atoms with Crippen LogP contribution in [0.3, 0.4) is 0 Å². The molecule has 0 unspecified atom stereocenters. The highest BCUT2D eigenvalue weighted by atomic mass is 16.5. The summed E-state index contributed by atoms with van der Waals surface area (Å²) in [4.78, 5) is 29.0. The van der Waals surface area contributed by atoms with Gasteiger partial charge >= 0.3 is 6.03 Å². The maximum Gasteiger partial charge on any atom is 0.321 e. The molecule has 1 N–H and O–H groups in total. The molecule has 0 aromatic heterocycles. The van der Waals surface area contributed by atoms with Gasteiger partial charge in [0.1, 0.15) is 0 Å². The molecular formula is C22H33N3O3. The van der Waals surface area contributed by atoms with Gasteiger partial charge in [0.15, 0.2) is 0 Å². The van der Waals surface area contributed by atoms with Crippen molar-refractivity contribution in [3.8, 4) is 0 Å². The number of nitrogens with one attached hydrogen (secondary N) is 1. The van der Waals surface area contributed by atoms with Gasteiger partial charge in [-0.2, -0.15) is 0 Å². The van der Waals surface area contributed by atoms with Crippen molar-refractivity contribution in [2.75, 3.05) is 45.2 Å². The van der Waals surface area contributed by atoms with Gasteiger partial charge in [-0.3, -0.25) is 4.79 Å². The minimum Gasteiger partial charge on any atom is -0.383 e. The molecule has 2 heterocycles. The van der Waals surface area contributed by atoms with Gasteiger partial charge in [-0.1, -0.05) is 18.2 Å². The van der Waals surface area contributed by atoms with Gasteiger partial charge in [0.2, 0.25) is 5.91 Å². The van der Waals surface area contributed by atoms with E-state index in [1.807, 2.05) is 41.8 Å². The first-order valence-electron chi connectivity index (χ1n) is 10.3. The van der Waals surface area contributed by atoms with E-state index in [1.54, 1.807) is 7.11 Å². The van der Waals surface area contributed by atoms with E-state index in [9.17, 15) is 9.59 Å². The molecule has 6 nitrogen and oxygen atoms in total. The standard InChI is InChI=1S/C22H33N3O3/c1-17-5-4-6-18(2)20(17)23-21(27)25-13-10-22(11-14-25)8-7-19(26)24(12-9-22)15-16-28-3/h4-6H,7-16H2,1-3H3,(H,23,27). The molecule has 0 atom stereocenters. The van der Waals surface area contributed by atoms with Crippen molar-refractivity contribution in [1.29, 1.82) is 0 Å². The first-order chi connectivity index (χ1) is 13.4. The number of benzene rings is 1. The monoisotopic (exact) mass is 387 g/mol. The number of methoxy groups -OCH3 is 1. The Morgan fingerprint density at radius 3 is 2.39 bits per heavy atom. The lowest BCUT2D eigenvalue weighted by molar-refractivity contribution is -0.131. The molecule has 3 rings (SSSR count). The highest BCUT2D eigenvalue weighted by molar-refractivity contribution is 5.91. The van der Waals surface area contributed by atoms with Crippen molar-refractivity contribution in [2.24, 2.45) is 5.41 Å². The molecule has 0 bridgehead atoms. The summed E-state index contributed by atoms with van der Waals surface area (Å²) < 4.78 is 5.13.